The number of hydrogen-bond acceptors (Lipinski definition) is 3. The third-order valence-corrected chi connectivity index (χ3v) is 5.28. The molecule has 1 N–H and O–H groups in total. The molecule has 3 rings (SSSR count). The number of amides is 2. The summed E-state index contributed by atoms with van der Waals surface area (Å²) < 4.78 is 0. The Balaban J connectivity index is 1.81. The minimum absolute atomic E-state index is 0.00617. The average Bonchev–Trinajstić information content (AvgIpc) is 3.10. The zero-order valence-corrected chi connectivity index (χ0v) is 12.1. The van der Waals surface area contributed by atoms with Crippen LogP contribution in [-0.4, -0.2) is 51.6 Å². The first kappa shape index (κ1) is 14.2. The Bertz CT molecular complexity index is 487. The van der Waals surface area contributed by atoms with Gasteiger partial charge in [-0.2, -0.15) is 5.26 Å². The first-order valence-electron chi connectivity index (χ1n) is 7.85. The fourth-order valence-electron chi connectivity index (χ4n) is 4.31. The van der Waals surface area contributed by atoms with Crippen molar-refractivity contribution in [1.82, 2.24) is 9.80 Å². The first-order chi connectivity index (χ1) is 10.1. The fraction of sp³-hybridized carbons (Fsp3) is 0.800. The molecule has 1 aliphatic carbocycles. The molecule has 4 atom stereocenters. The standard InChI is InChI=1S/C15H21N3O3/c16-9-11-5-3-7-17(11)14(19)13-8-10-4-1-2-6-12(10)18(13)15(20)21/h10-13H,1-8H2,(H,20,21)/t10-,11-,12-,13-/m0/s1. The van der Waals surface area contributed by atoms with E-state index in [1.807, 2.05) is 0 Å². The lowest BCUT2D eigenvalue weighted by atomic mass is 9.85. The molecule has 2 saturated heterocycles. The topological polar surface area (TPSA) is 84.6 Å². The third kappa shape index (κ3) is 2.35. The minimum atomic E-state index is -0.990. The molecule has 0 unspecified atom stereocenters. The van der Waals surface area contributed by atoms with E-state index in [0.717, 1.165) is 32.1 Å². The molecule has 6 heteroatoms. The highest BCUT2D eigenvalue weighted by Gasteiger charge is 2.49. The van der Waals surface area contributed by atoms with Gasteiger partial charge < -0.3 is 10.0 Å². The molecule has 3 aliphatic rings. The van der Waals surface area contributed by atoms with Crippen LogP contribution in [0, 0.1) is 17.2 Å². The summed E-state index contributed by atoms with van der Waals surface area (Å²) in [5.41, 5.74) is 0. The SMILES string of the molecule is N#C[C@@H]1CCCN1C(=O)[C@@H]1C[C@@H]2CCCC[C@@H]2N1C(=O)O. The molecule has 3 fully saturated rings. The molecular weight excluding hydrogens is 270 g/mol. The highest BCUT2D eigenvalue weighted by atomic mass is 16.4. The Morgan fingerprint density at radius 3 is 2.62 bits per heavy atom. The maximum absolute atomic E-state index is 12.7. The van der Waals surface area contributed by atoms with E-state index in [-0.39, 0.29) is 18.0 Å². The van der Waals surface area contributed by atoms with E-state index in [0.29, 0.717) is 25.3 Å². The number of likely N-dealkylation sites (tertiary alicyclic amines) is 2. The number of fused-ring (bicyclic) bond motifs is 1. The highest BCUT2D eigenvalue weighted by Crippen LogP contribution is 2.40. The quantitative estimate of drug-likeness (QED) is 0.798. The van der Waals surface area contributed by atoms with Crippen molar-refractivity contribution in [2.24, 2.45) is 5.92 Å². The second kappa shape index (κ2) is 5.55. The summed E-state index contributed by atoms with van der Waals surface area (Å²) >= 11 is 0. The van der Waals surface area contributed by atoms with Crippen LogP contribution in [0.2, 0.25) is 0 Å². The predicted octanol–water partition coefficient (Wildman–Crippen LogP) is 1.81. The summed E-state index contributed by atoms with van der Waals surface area (Å²) in [5.74, 6) is 0.155. The zero-order valence-electron chi connectivity index (χ0n) is 12.1. The van der Waals surface area contributed by atoms with Crippen molar-refractivity contribution in [3.05, 3.63) is 0 Å². The molecule has 6 nitrogen and oxygen atoms in total. The number of nitriles is 1. The van der Waals surface area contributed by atoms with Gasteiger partial charge >= 0.3 is 6.09 Å². The van der Waals surface area contributed by atoms with Gasteiger partial charge in [0, 0.05) is 12.6 Å². The van der Waals surface area contributed by atoms with Crippen molar-refractivity contribution in [3.63, 3.8) is 0 Å². The van der Waals surface area contributed by atoms with Crippen molar-refractivity contribution in [1.29, 1.82) is 5.26 Å². The molecule has 2 amide bonds. The molecule has 0 spiro atoms. The van der Waals surface area contributed by atoms with Crippen LogP contribution in [-0.2, 0) is 4.79 Å². The van der Waals surface area contributed by atoms with Crippen LogP contribution in [0.3, 0.4) is 0 Å². The zero-order chi connectivity index (χ0) is 15.0. The monoisotopic (exact) mass is 291 g/mol. The molecule has 0 bridgehead atoms. The average molecular weight is 291 g/mol. The van der Waals surface area contributed by atoms with E-state index in [2.05, 4.69) is 6.07 Å². The number of carboxylic acid groups (broad SMARTS) is 1. The van der Waals surface area contributed by atoms with Gasteiger partial charge in [-0.15, -0.1) is 0 Å². The normalized spacial score (nSPS) is 35.4. The maximum atomic E-state index is 12.7. The number of carbonyl (C=O) groups excluding carboxylic acids is 1. The van der Waals surface area contributed by atoms with E-state index in [9.17, 15) is 14.7 Å². The van der Waals surface area contributed by atoms with Crippen LogP contribution in [0.1, 0.15) is 44.9 Å². The Labute approximate surface area is 124 Å². The smallest absolute Gasteiger partial charge is 0.408 e. The first-order valence-corrected chi connectivity index (χ1v) is 7.85. The molecule has 1 saturated carbocycles. The molecule has 21 heavy (non-hydrogen) atoms. The van der Waals surface area contributed by atoms with Gasteiger partial charge in [0.15, 0.2) is 0 Å². The largest absolute Gasteiger partial charge is 0.465 e. The van der Waals surface area contributed by atoms with E-state index < -0.39 is 12.1 Å². The summed E-state index contributed by atoms with van der Waals surface area (Å²) in [4.78, 5) is 27.4. The van der Waals surface area contributed by atoms with Crippen LogP contribution >= 0.6 is 0 Å². The van der Waals surface area contributed by atoms with Crippen LogP contribution in [0.5, 0.6) is 0 Å². The van der Waals surface area contributed by atoms with E-state index in [4.69, 9.17) is 5.26 Å². The van der Waals surface area contributed by atoms with Crippen molar-refractivity contribution in [3.8, 4) is 6.07 Å². The van der Waals surface area contributed by atoms with Gasteiger partial charge in [0.2, 0.25) is 5.91 Å². The molecular formula is C15H21N3O3. The fourth-order valence-corrected chi connectivity index (χ4v) is 4.31. The molecule has 2 heterocycles. The number of nitrogens with zero attached hydrogens (tertiary/aromatic N) is 3. The van der Waals surface area contributed by atoms with Crippen LogP contribution in [0.15, 0.2) is 0 Å². The Morgan fingerprint density at radius 1 is 1.14 bits per heavy atom. The lowest BCUT2D eigenvalue weighted by molar-refractivity contribution is -0.135. The maximum Gasteiger partial charge on any atom is 0.408 e. The van der Waals surface area contributed by atoms with Crippen molar-refractivity contribution in [2.75, 3.05) is 6.54 Å². The van der Waals surface area contributed by atoms with Crippen LogP contribution < -0.4 is 0 Å². The second-order valence-electron chi connectivity index (χ2n) is 6.37. The highest BCUT2D eigenvalue weighted by molar-refractivity contribution is 5.87. The second-order valence-corrected chi connectivity index (χ2v) is 6.37. The summed E-state index contributed by atoms with van der Waals surface area (Å²) in [5, 5.41) is 18.7. The summed E-state index contributed by atoms with van der Waals surface area (Å²) in [6.45, 7) is 0.580. The lowest BCUT2D eigenvalue weighted by Gasteiger charge is -2.32. The summed E-state index contributed by atoms with van der Waals surface area (Å²) in [6.07, 6.45) is 5.21. The molecule has 0 radical (unpaired) electrons. The number of rotatable bonds is 1. The third-order valence-electron chi connectivity index (χ3n) is 5.28. The van der Waals surface area contributed by atoms with Gasteiger partial charge in [0.1, 0.15) is 12.1 Å². The Morgan fingerprint density at radius 2 is 1.90 bits per heavy atom. The Hall–Kier alpha value is -1.77. The van der Waals surface area contributed by atoms with Crippen molar-refractivity contribution < 1.29 is 14.7 Å². The number of hydrogen-bond donors (Lipinski definition) is 1. The van der Waals surface area contributed by atoms with Crippen molar-refractivity contribution >= 4 is 12.0 Å². The lowest BCUT2D eigenvalue weighted by Crippen LogP contribution is -2.51. The van der Waals surface area contributed by atoms with Gasteiger partial charge in [0.25, 0.3) is 0 Å². The van der Waals surface area contributed by atoms with Gasteiger partial charge in [-0.3, -0.25) is 9.69 Å². The van der Waals surface area contributed by atoms with E-state index >= 15 is 0 Å². The van der Waals surface area contributed by atoms with Gasteiger partial charge in [-0.25, -0.2) is 4.79 Å². The molecule has 2 aliphatic heterocycles. The summed E-state index contributed by atoms with van der Waals surface area (Å²) in [7, 11) is 0. The van der Waals surface area contributed by atoms with E-state index in [1.54, 1.807) is 4.90 Å². The van der Waals surface area contributed by atoms with E-state index in [1.165, 1.54) is 4.90 Å². The van der Waals surface area contributed by atoms with Gasteiger partial charge in [0.05, 0.1) is 6.07 Å². The molecule has 0 aromatic carbocycles. The van der Waals surface area contributed by atoms with Gasteiger partial charge in [-0.05, 0) is 38.0 Å². The summed E-state index contributed by atoms with van der Waals surface area (Å²) in [6, 6.07) is 1.20. The Kier molecular flexibility index (Phi) is 3.75. The van der Waals surface area contributed by atoms with Crippen molar-refractivity contribution in [2.45, 2.75) is 63.1 Å². The molecule has 0 aromatic heterocycles. The predicted molar refractivity (Wildman–Crippen MR) is 74.4 cm³/mol. The van der Waals surface area contributed by atoms with Gasteiger partial charge in [-0.1, -0.05) is 12.8 Å². The molecule has 114 valence electrons. The minimum Gasteiger partial charge on any atom is -0.465 e. The van der Waals surface area contributed by atoms with Crippen LogP contribution in [0.4, 0.5) is 4.79 Å². The number of carbonyl (C=O) groups is 2. The molecule has 0 aromatic rings. The van der Waals surface area contributed by atoms with Crippen LogP contribution in [0.25, 0.3) is 0 Å².